The Morgan fingerprint density at radius 3 is 1.11 bits per heavy atom. The van der Waals surface area contributed by atoms with Crippen molar-refractivity contribution in [3.05, 3.63) is 12.2 Å². The summed E-state index contributed by atoms with van der Waals surface area (Å²) in [5, 5.41) is 19.1. The minimum Gasteiger partial charge on any atom is -0.457 e. The smallest absolute Gasteiger partial charge is 0.457 e. The van der Waals surface area contributed by atoms with Crippen LogP contribution in [0.3, 0.4) is 0 Å². The van der Waals surface area contributed by atoms with Gasteiger partial charge in [-0.05, 0) is 38.5 Å². The molecule has 10 nitrogen and oxygen atoms in total. The number of hydrogen-bond acceptors (Lipinski definition) is 9. The first-order valence-electron chi connectivity index (χ1n) is 21.6. The number of aliphatic hydroxyl groups is 2. The lowest BCUT2D eigenvalue weighted by atomic mass is 10.0. The fraction of sp³-hybridized carbons (Fsp3) is 0.905. The van der Waals surface area contributed by atoms with Crippen molar-refractivity contribution in [2.75, 3.05) is 26.4 Å². The summed E-state index contributed by atoms with van der Waals surface area (Å²) >= 11 is 0. The lowest BCUT2D eigenvalue weighted by Gasteiger charge is -2.20. The van der Waals surface area contributed by atoms with Crippen molar-refractivity contribution in [2.45, 2.75) is 219 Å². The molecule has 0 heterocycles. The Bertz CT molecular complexity index is 899. The van der Waals surface area contributed by atoms with E-state index in [1.807, 2.05) is 0 Å². The third kappa shape index (κ3) is 37.4. The molecule has 0 radical (unpaired) electrons. The van der Waals surface area contributed by atoms with E-state index in [1.54, 1.807) is 0 Å². The van der Waals surface area contributed by atoms with Gasteiger partial charge in [0.2, 0.25) is 0 Å². The molecule has 11 heteroatoms. The summed E-state index contributed by atoms with van der Waals surface area (Å²) in [6.07, 6.45) is 36.2. The van der Waals surface area contributed by atoms with Crippen LogP contribution in [0.4, 0.5) is 0 Å². The molecule has 0 aliphatic rings. The summed E-state index contributed by atoms with van der Waals surface area (Å²) in [5.41, 5.74) is 0. The van der Waals surface area contributed by atoms with Crippen LogP contribution in [0, 0.1) is 0 Å². The number of carbonyl (C=O) groups is 2. The molecule has 0 fully saturated rings. The van der Waals surface area contributed by atoms with Gasteiger partial charge in [-0.1, -0.05) is 167 Å². The van der Waals surface area contributed by atoms with Crippen molar-refractivity contribution < 1.29 is 47.8 Å². The van der Waals surface area contributed by atoms with E-state index in [-0.39, 0.29) is 12.8 Å². The molecule has 0 amide bonds. The molecule has 53 heavy (non-hydrogen) atoms. The number of phosphoric acid groups is 1. The Hall–Kier alpha value is -1.29. The maximum atomic E-state index is 12.3. The van der Waals surface area contributed by atoms with Crippen LogP contribution < -0.4 is 0 Å². The van der Waals surface area contributed by atoms with Gasteiger partial charge in [-0.15, -0.1) is 0 Å². The molecule has 0 rings (SSSR count). The Kier molecular flexibility index (Phi) is 38.0. The molecule has 0 spiro atoms. The van der Waals surface area contributed by atoms with Gasteiger partial charge in [-0.3, -0.25) is 18.6 Å². The lowest BCUT2D eigenvalue weighted by molar-refractivity contribution is -0.153. The molecule has 0 bridgehead atoms. The number of carbonyl (C=O) groups excluding carboxylic acids is 2. The van der Waals surface area contributed by atoms with E-state index in [4.69, 9.17) is 18.5 Å². The summed E-state index contributed by atoms with van der Waals surface area (Å²) in [5.74, 6) is -1.02. The van der Waals surface area contributed by atoms with E-state index in [9.17, 15) is 29.3 Å². The lowest BCUT2D eigenvalue weighted by Crippen LogP contribution is -2.28. The van der Waals surface area contributed by atoms with Crippen LogP contribution in [0.2, 0.25) is 0 Å². The van der Waals surface area contributed by atoms with E-state index < -0.39 is 58.4 Å². The van der Waals surface area contributed by atoms with E-state index >= 15 is 0 Å². The summed E-state index contributed by atoms with van der Waals surface area (Å²) in [6.45, 7) is 2.19. The van der Waals surface area contributed by atoms with Crippen molar-refractivity contribution in [2.24, 2.45) is 0 Å². The van der Waals surface area contributed by atoms with E-state index in [1.165, 1.54) is 109 Å². The number of esters is 2. The van der Waals surface area contributed by atoms with Gasteiger partial charge in [0.15, 0.2) is 0 Å². The Balaban J connectivity index is 3.88. The summed E-state index contributed by atoms with van der Waals surface area (Å²) in [6, 6.07) is 0. The van der Waals surface area contributed by atoms with E-state index in [0.717, 1.165) is 57.8 Å². The molecule has 0 aromatic rings. The quantitative estimate of drug-likeness (QED) is 0.0237. The van der Waals surface area contributed by atoms with Crippen LogP contribution in [-0.4, -0.2) is 65.7 Å². The van der Waals surface area contributed by atoms with Gasteiger partial charge in [-0.2, -0.15) is 0 Å². The zero-order valence-corrected chi connectivity index (χ0v) is 34.9. The van der Waals surface area contributed by atoms with Crippen LogP contribution in [0.25, 0.3) is 0 Å². The van der Waals surface area contributed by atoms with Gasteiger partial charge in [0.25, 0.3) is 0 Å². The normalized spacial score (nSPS) is 14.0. The maximum absolute atomic E-state index is 12.3. The van der Waals surface area contributed by atoms with Gasteiger partial charge in [0.05, 0.1) is 26.4 Å². The summed E-state index contributed by atoms with van der Waals surface area (Å²) in [7, 11) is -4.63. The average Bonchev–Trinajstić information content (AvgIpc) is 3.14. The summed E-state index contributed by atoms with van der Waals surface area (Å²) < 4.78 is 32.5. The number of unbranched alkanes of at least 4 members (excludes halogenated alkanes) is 25. The maximum Gasteiger partial charge on any atom is 0.472 e. The van der Waals surface area contributed by atoms with Crippen LogP contribution in [0.5, 0.6) is 0 Å². The second-order valence-electron chi connectivity index (χ2n) is 14.7. The Morgan fingerprint density at radius 1 is 0.491 bits per heavy atom. The Labute approximate surface area is 324 Å². The molecular weight excluding hydrogens is 695 g/mol. The molecule has 0 aromatic carbocycles. The molecule has 3 atom stereocenters. The van der Waals surface area contributed by atoms with Crippen molar-refractivity contribution in [3.8, 4) is 0 Å². The first kappa shape index (κ1) is 51.7. The van der Waals surface area contributed by atoms with Crippen molar-refractivity contribution in [3.63, 3.8) is 0 Å². The highest BCUT2D eigenvalue weighted by molar-refractivity contribution is 7.47. The number of phosphoric ester groups is 1. The van der Waals surface area contributed by atoms with Gasteiger partial charge >= 0.3 is 19.8 Å². The van der Waals surface area contributed by atoms with Gasteiger partial charge in [-0.25, -0.2) is 4.57 Å². The number of allylic oxidation sites excluding steroid dienone is 2. The molecule has 0 saturated heterocycles. The average molecular weight is 777 g/mol. The largest absolute Gasteiger partial charge is 0.472 e. The minimum atomic E-state index is -4.63. The zero-order valence-electron chi connectivity index (χ0n) is 34.0. The monoisotopic (exact) mass is 777 g/mol. The fourth-order valence-corrected chi connectivity index (χ4v) is 6.89. The van der Waals surface area contributed by atoms with E-state index in [0.29, 0.717) is 12.8 Å². The number of hydrogen-bond donors (Lipinski definition) is 3. The van der Waals surface area contributed by atoms with Crippen molar-refractivity contribution in [1.29, 1.82) is 0 Å². The first-order valence-corrected chi connectivity index (χ1v) is 23.1. The highest BCUT2D eigenvalue weighted by Crippen LogP contribution is 2.43. The third-order valence-electron chi connectivity index (χ3n) is 9.48. The predicted molar refractivity (Wildman–Crippen MR) is 215 cm³/mol. The minimum absolute atomic E-state index is 0.185. The standard InChI is InChI=1S/C42H81O10P/c1-3-5-7-9-11-13-15-17-18-19-20-21-22-24-26-28-30-32-34-42(46)52-40(36-44)38-50-53(47,48)49-37-39(35-43)51-41(45)33-31-29-27-25-23-16-14-12-10-8-6-4-2/h12,14,39-40,43-44H,3-11,13,15-38H2,1-2H3,(H,47,48)/b14-12-. The van der Waals surface area contributed by atoms with Crippen LogP contribution in [0.15, 0.2) is 12.2 Å². The number of aliphatic hydroxyl groups excluding tert-OH is 2. The molecule has 0 aliphatic carbocycles. The van der Waals surface area contributed by atoms with E-state index in [2.05, 4.69) is 26.0 Å². The molecule has 314 valence electrons. The number of ether oxygens (including phenoxy) is 2. The molecule has 3 N–H and O–H groups in total. The van der Waals surface area contributed by atoms with Crippen molar-refractivity contribution >= 4 is 19.8 Å². The second kappa shape index (κ2) is 39.0. The van der Waals surface area contributed by atoms with Gasteiger partial charge < -0.3 is 24.6 Å². The second-order valence-corrected chi connectivity index (χ2v) is 16.1. The van der Waals surface area contributed by atoms with Crippen molar-refractivity contribution in [1.82, 2.24) is 0 Å². The third-order valence-corrected chi connectivity index (χ3v) is 10.4. The van der Waals surface area contributed by atoms with Gasteiger partial charge in [0.1, 0.15) is 12.2 Å². The predicted octanol–water partition coefficient (Wildman–Crippen LogP) is 11.2. The topological polar surface area (TPSA) is 149 Å². The fourth-order valence-electron chi connectivity index (χ4n) is 6.11. The van der Waals surface area contributed by atoms with Crippen LogP contribution in [-0.2, 0) is 32.7 Å². The molecule has 0 aromatic heterocycles. The van der Waals surface area contributed by atoms with Crippen LogP contribution >= 0.6 is 7.82 Å². The molecule has 3 unspecified atom stereocenters. The summed E-state index contributed by atoms with van der Waals surface area (Å²) in [4.78, 5) is 34.4. The molecule has 0 aliphatic heterocycles. The number of rotatable bonds is 41. The molecule has 0 saturated carbocycles. The Morgan fingerprint density at radius 2 is 0.774 bits per heavy atom. The highest BCUT2D eigenvalue weighted by atomic mass is 31.2. The highest BCUT2D eigenvalue weighted by Gasteiger charge is 2.27. The zero-order chi connectivity index (χ0) is 39.1. The van der Waals surface area contributed by atoms with Crippen LogP contribution in [0.1, 0.15) is 206 Å². The SMILES string of the molecule is CCCCC/C=C\CCCCCCCC(=O)OC(CO)COP(=O)(O)OCC(CO)OC(=O)CCCCCCCCCCCCCCCCCCCC. The molecular formula is C42H81O10P. The first-order chi connectivity index (χ1) is 25.8. The van der Waals surface area contributed by atoms with Gasteiger partial charge in [0, 0.05) is 12.8 Å².